The number of hydrogen-bond acceptors (Lipinski definition) is 5. The Labute approximate surface area is 97.5 Å². The third-order valence-corrected chi connectivity index (χ3v) is 2.10. The first-order valence-corrected chi connectivity index (χ1v) is 4.88. The Balaban J connectivity index is 2.22. The summed E-state index contributed by atoms with van der Waals surface area (Å²) in [5, 5.41) is 2.91. The van der Waals surface area contributed by atoms with Crippen LogP contribution >= 0.6 is 0 Å². The zero-order valence-electron chi connectivity index (χ0n) is 9.14. The van der Waals surface area contributed by atoms with Gasteiger partial charge in [0.25, 0.3) is 0 Å². The number of nitrogens with two attached hydrogens (primary N) is 1. The number of methoxy groups -OCH3 is 1. The molecule has 0 unspecified atom stereocenters. The van der Waals surface area contributed by atoms with Crippen LogP contribution in [0.3, 0.4) is 0 Å². The minimum atomic E-state index is -0.445. The van der Waals surface area contributed by atoms with Gasteiger partial charge in [-0.3, -0.25) is 0 Å². The molecule has 2 aromatic rings. The molecule has 0 amide bonds. The largest absolute Gasteiger partial charge is 0.494 e. The van der Waals surface area contributed by atoms with Crippen molar-refractivity contribution in [1.29, 1.82) is 0 Å². The van der Waals surface area contributed by atoms with Gasteiger partial charge in [0.2, 0.25) is 5.95 Å². The quantitative estimate of drug-likeness (QED) is 0.849. The molecule has 0 radical (unpaired) electrons. The van der Waals surface area contributed by atoms with Crippen molar-refractivity contribution >= 4 is 17.5 Å². The van der Waals surface area contributed by atoms with E-state index < -0.39 is 5.82 Å². The van der Waals surface area contributed by atoms with E-state index in [4.69, 9.17) is 10.5 Å². The minimum absolute atomic E-state index is 0.156. The van der Waals surface area contributed by atoms with Crippen molar-refractivity contribution in [1.82, 2.24) is 9.97 Å². The van der Waals surface area contributed by atoms with Gasteiger partial charge in [0.15, 0.2) is 11.6 Å². The van der Waals surface area contributed by atoms with Crippen LogP contribution < -0.4 is 15.8 Å². The van der Waals surface area contributed by atoms with Crippen molar-refractivity contribution in [3.8, 4) is 5.75 Å². The van der Waals surface area contributed by atoms with E-state index in [-0.39, 0.29) is 11.7 Å². The van der Waals surface area contributed by atoms with Crippen LogP contribution in [0.5, 0.6) is 5.75 Å². The van der Waals surface area contributed by atoms with Gasteiger partial charge in [0, 0.05) is 18.0 Å². The standard InChI is InChI=1S/C11H11FN4O/c1-17-9-3-2-7(6-8(9)12)15-10-4-5-14-11(13)16-10/h2-6H,1H3,(H3,13,14,15,16). The van der Waals surface area contributed by atoms with E-state index in [1.165, 1.54) is 25.4 Å². The van der Waals surface area contributed by atoms with Crippen molar-refractivity contribution < 1.29 is 9.13 Å². The molecular weight excluding hydrogens is 223 g/mol. The maximum absolute atomic E-state index is 13.4. The van der Waals surface area contributed by atoms with Gasteiger partial charge in [-0.15, -0.1) is 0 Å². The zero-order chi connectivity index (χ0) is 12.3. The first kappa shape index (κ1) is 11.1. The summed E-state index contributed by atoms with van der Waals surface area (Å²) in [6.07, 6.45) is 1.52. The molecule has 0 aliphatic carbocycles. The van der Waals surface area contributed by atoms with Gasteiger partial charge >= 0.3 is 0 Å². The Morgan fingerprint density at radius 1 is 1.35 bits per heavy atom. The molecule has 0 saturated carbocycles. The molecule has 2 rings (SSSR count). The number of anilines is 3. The van der Waals surface area contributed by atoms with E-state index in [2.05, 4.69) is 15.3 Å². The van der Waals surface area contributed by atoms with Gasteiger partial charge in [-0.1, -0.05) is 0 Å². The average Bonchev–Trinajstić information content (AvgIpc) is 2.29. The molecule has 17 heavy (non-hydrogen) atoms. The molecule has 0 aliphatic rings. The summed E-state index contributed by atoms with van der Waals surface area (Å²) in [5.41, 5.74) is 5.99. The Morgan fingerprint density at radius 2 is 2.18 bits per heavy atom. The van der Waals surface area contributed by atoms with Crippen LogP contribution in [0.25, 0.3) is 0 Å². The van der Waals surface area contributed by atoms with Crippen molar-refractivity contribution in [2.45, 2.75) is 0 Å². The molecule has 0 saturated heterocycles. The van der Waals surface area contributed by atoms with Crippen molar-refractivity contribution in [3.05, 3.63) is 36.3 Å². The lowest BCUT2D eigenvalue weighted by Gasteiger charge is -2.07. The molecule has 6 heteroatoms. The van der Waals surface area contributed by atoms with Gasteiger partial charge in [-0.25, -0.2) is 9.37 Å². The summed E-state index contributed by atoms with van der Waals surface area (Å²) in [7, 11) is 1.41. The van der Waals surface area contributed by atoms with E-state index >= 15 is 0 Å². The Kier molecular flexibility index (Phi) is 3.04. The molecule has 0 bridgehead atoms. The highest BCUT2D eigenvalue weighted by atomic mass is 19.1. The van der Waals surface area contributed by atoms with Gasteiger partial charge < -0.3 is 15.8 Å². The summed E-state index contributed by atoms with van der Waals surface area (Å²) < 4.78 is 18.2. The maximum atomic E-state index is 13.4. The predicted octanol–water partition coefficient (Wildman–Crippen LogP) is 1.95. The van der Waals surface area contributed by atoms with Gasteiger partial charge in [0.1, 0.15) is 5.82 Å². The first-order valence-electron chi connectivity index (χ1n) is 4.88. The topological polar surface area (TPSA) is 73.1 Å². The smallest absolute Gasteiger partial charge is 0.221 e. The lowest BCUT2D eigenvalue weighted by molar-refractivity contribution is 0.386. The highest BCUT2D eigenvalue weighted by molar-refractivity contribution is 5.57. The molecule has 1 aromatic carbocycles. The lowest BCUT2D eigenvalue weighted by Crippen LogP contribution is -1.99. The summed E-state index contributed by atoms with van der Waals surface area (Å²) in [4.78, 5) is 7.70. The normalized spacial score (nSPS) is 10.0. The van der Waals surface area contributed by atoms with Gasteiger partial charge in [-0.05, 0) is 18.2 Å². The second-order valence-electron chi connectivity index (χ2n) is 3.27. The van der Waals surface area contributed by atoms with Crippen LogP contribution in [0.15, 0.2) is 30.5 Å². The second kappa shape index (κ2) is 4.65. The van der Waals surface area contributed by atoms with Crippen molar-refractivity contribution in [2.24, 2.45) is 0 Å². The predicted molar refractivity (Wildman–Crippen MR) is 62.7 cm³/mol. The summed E-state index contributed by atoms with van der Waals surface area (Å²) in [6.45, 7) is 0. The molecule has 0 atom stereocenters. The maximum Gasteiger partial charge on any atom is 0.221 e. The van der Waals surface area contributed by atoms with Crippen molar-refractivity contribution in [2.75, 3.05) is 18.2 Å². The zero-order valence-corrected chi connectivity index (χ0v) is 9.14. The fourth-order valence-electron chi connectivity index (χ4n) is 1.34. The minimum Gasteiger partial charge on any atom is -0.494 e. The van der Waals surface area contributed by atoms with Crippen LogP contribution in [0.1, 0.15) is 0 Å². The highest BCUT2D eigenvalue weighted by Crippen LogP contribution is 2.22. The van der Waals surface area contributed by atoms with E-state index in [0.29, 0.717) is 11.5 Å². The Bertz CT molecular complexity index is 533. The molecule has 0 spiro atoms. The second-order valence-corrected chi connectivity index (χ2v) is 3.27. The molecule has 0 fully saturated rings. The fraction of sp³-hybridized carbons (Fsp3) is 0.0909. The number of hydrogen-bond donors (Lipinski definition) is 2. The number of nitrogens with zero attached hydrogens (tertiary/aromatic N) is 2. The average molecular weight is 234 g/mol. The third kappa shape index (κ3) is 2.60. The molecule has 1 aromatic heterocycles. The van der Waals surface area contributed by atoms with Gasteiger partial charge in [0.05, 0.1) is 7.11 Å². The highest BCUT2D eigenvalue weighted by Gasteiger charge is 2.04. The Morgan fingerprint density at radius 3 is 2.82 bits per heavy atom. The number of aromatic nitrogens is 2. The third-order valence-electron chi connectivity index (χ3n) is 2.10. The number of benzene rings is 1. The summed E-state index contributed by atoms with van der Waals surface area (Å²) in [5.74, 6) is 0.406. The number of halogens is 1. The monoisotopic (exact) mass is 234 g/mol. The Hall–Kier alpha value is -2.37. The number of nitrogen functional groups attached to an aromatic ring is 1. The fourth-order valence-corrected chi connectivity index (χ4v) is 1.34. The SMILES string of the molecule is COc1ccc(Nc2ccnc(N)n2)cc1F. The molecule has 3 N–H and O–H groups in total. The van der Waals surface area contributed by atoms with Crippen LogP contribution in [-0.4, -0.2) is 17.1 Å². The number of nitrogens with one attached hydrogen (secondary N) is 1. The van der Waals surface area contributed by atoms with Crippen molar-refractivity contribution in [3.63, 3.8) is 0 Å². The molecule has 88 valence electrons. The van der Waals surface area contributed by atoms with Crippen LogP contribution in [-0.2, 0) is 0 Å². The molecule has 5 nitrogen and oxygen atoms in total. The van der Waals surface area contributed by atoms with E-state index in [1.807, 2.05) is 0 Å². The molecule has 1 heterocycles. The first-order chi connectivity index (χ1) is 8.19. The lowest BCUT2D eigenvalue weighted by atomic mass is 10.3. The van der Waals surface area contributed by atoms with E-state index in [0.717, 1.165) is 0 Å². The van der Waals surface area contributed by atoms with Crippen LogP contribution in [0.4, 0.5) is 21.8 Å². The number of rotatable bonds is 3. The summed E-state index contributed by atoms with van der Waals surface area (Å²) >= 11 is 0. The number of ether oxygens (including phenoxy) is 1. The van der Waals surface area contributed by atoms with Crippen LogP contribution in [0.2, 0.25) is 0 Å². The molecular formula is C11H11FN4O. The van der Waals surface area contributed by atoms with E-state index in [9.17, 15) is 4.39 Å². The molecule has 0 aliphatic heterocycles. The summed E-state index contributed by atoms with van der Waals surface area (Å²) in [6, 6.07) is 6.16. The van der Waals surface area contributed by atoms with Crippen LogP contribution in [0, 0.1) is 5.82 Å². The van der Waals surface area contributed by atoms with E-state index in [1.54, 1.807) is 12.1 Å². The van der Waals surface area contributed by atoms with Gasteiger partial charge in [-0.2, -0.15) is 4.98 Å².